The Balaban J connectivity index is 2.14. The lowest BCUT2D eigenvalue weighted by molar-refractivity contribution is 0.00373. The summed E-state index contributed by atoms with van der Waals surface area (Å²) in [5, 5.41) is 0. The van der Waals surface area contributed by atoms with Gasteiger partial charge in [0.15, 0.2) is 6.23 Å². The minimum absolute atomic E-state index is 0.0293. The van der Waals surface area contributed by atoms with Gasteiger partial charge in [0.1, 0.15) is 12.4 Å². The molecule has 1 aromatic rings. The number of nitrogens with zero attached hydrogens (tertiary/aromatic N) is 1. The highest BCUT2D eigenvalue weighted by Gasteiger charge is 2.35. The van der Waals surface area contributed by atoms with Crippen molar-refractivity contribution in [2.24, 2.45) is 0 Å². The first-order valence-electron chi connectivity index (χ1n) is 6.49. The summed E-state index contributed by atoms with van der Waals surface area (Å²) in [6.45, 7) is 6.16. The largest absolute Gasteiger partial charge is 0.497 e. The molecule has 2 rings (SSSR count). The Kier molecular flexibility index (Phi) is 4.63. The molecule has 1 amide bonds. The van der Waals surface area contributed by atoms with Crippen molar-refractivity contribution in [1.29, 1.82) is 0 Å². The van der Waals surface area contributed by atoms with Gasteiger partial charge in [0.2, 0.25) is 0 Å². The lowest BCUT2D eigenvalue weighted by atomic mass is 10.2. The average molecular weight is 277 g/mol. The van der Waals surface area contributed by atoms with Crippen LogP contribution in [0, 0.1) is 0 Å². The van der Waals surface area contributed by atoms with Gasteiger partial charge in [0.05, 0.1) is 19.8 Å². The summed E-state index contributed by atoms with van der Waals surface area (Å²) in [7, 11) is 1.61. The Morgan fingerprint density at radius 3 is 2.80 bits per heavy atom. The van der Waals surface area contributed by atoms with Crippen molar-refractivity contribution in [2.75, 3.05) is 20.3 Å². The molecule has 0 bridgehead atoms. The zero-order valence-electron chi connectivity index (χ0n) is 11.7. The molecule has 2 atom stereocenters. The van der Waals surface area contributed by atoms with Gasteiger partial charge in [-0.1, -0.05) is 24.8 Å². The van der Waals surface area contributed by atoms with Gasteiger partial charge in [-0.2, -0.15) is 0 Å². The number of rotatable bonds is 4. The summed E-state index contributed by atoms with van der Waals surface area (Å²) in [5.74, 6) is 0.764. The van der Waals surface area contributed by atoms with Crippen LogP contribution < -0.4 is 4.74 Å². The summed E-state index contributed by atoms with van der Waals surface area (Å²) < 4.78 is 16.0. The van der Waals surface area contributed by atoms with Gasteiger partial charge >= 0.3 is 6.09 Å². The zero-order valence-corrected chi connectivity index (χ0v) is 11.7. The lowest BCUT2D eigenvalue weighted by Crippen LogP contribution is -2.32. The number of hydrogen-bond acceptors (Lipinski definition) is 4. The molecule has 1 heterocycles. The standard InChI is InChI=1S/C15H19NO4/c1-4-9-19-15(17)16-10-11(2)20-14(16)12-5-7-13(18-3)8-6-12/h4-8,11,14H,1,9-10H2,2-3H3. The number of amides is 1. The summed E-state index contributed by atoms with van der Waals surface area (Å²) in [6, 6.07) is 7.45. The molecular weight excluding hydrogens is 258 g/mol. The van der Waals surface area contributed by atoms with Crippen molar-refractivity contribution >= 4 is 6.09 Å². The highest BCUT2D eigenvalue weighted by atomic mass is 16.6. The van der Waals surface area contributed by atoms with Gasteiger partial charge in [0.25, 0.3) is 0 Å². The van der Waals surface area contributed by atoms with Gasteiger partial charge in [0, 0.05) is 5.56 Å². The molecule has 1 fully saturated rings. The molecule has 0 aliphatic carbocycles. The first kappa shape index (κ1) is 14.4. The minimum Gasteiger partial charge on any atom is -0.497 e. The number of hydrogen-bond donors (Lipinski definition) is 0. The molecule has 5 heteroatoms. The fourth-order valence-corrected chi connectivity index (χ4v) is 2.12. The lowest BCUT2D eigenvalue weighted by Gasteiger charge is -2.22. The molecule has 0 radical (unpaired) electrons. The maximum Gasteiger partial charge on any atom is 0.412 e. The smallest absolute Gasteiger partial charge is 0.412 e. The maximum atomic E-state index is 12.0. The topological polar surface area (TPSA) is 48.0 Å². The fraction of sp³-hybridized carbons (Fsp3) is 0.400. The summed E-state index contributed by atoms with van der Waals surface area (Å²) in [4.78, 5) is 13.6. The van der Waals surface area contributed by atoms with Crippen LogP contribution in [0.15, 0.2) is 36.9 Å². The third kappa shape index (κ3) is 3.11. The summed E-state index contributed by atoms with van der Waals surface area (Å²) in [6.07, 6.45) is 0.697. The SMILES string of the molecule is C=CCOC(=O)N1CC(C)OC1c1ccc(OC)cc1. The van der Waals surface area contributed by atoms with E-state index in [0.29, 0.717) is 6.54 Å². The average Bonchev–Trinajstić information content (AvgIpc) is 2.87. The van der Waals surface area contributed by atoms with Gasteiger partial charge in [-0.3, -0.25) is 4.90 Å². The molecule has 0 aromatic heterocycles. The van der Waals surface area contributed by atoms with Crippen LogP contribution in [-0.4, -0.2) is 37.4 Å². The van der Waals surface area contributed by atoms with Crippen LogP contribution in [0.3, 0.4) is 0 Å². The van der Waals surface area contributed by atoms with Crippen LogP contribution in [0.5, 0.6) is 5.75 Å². The molecule has 0 spiro atoms. The molecule has 5 nitrogen and oxygen atoms in total. The normalized spacial score (nSPS) is 21.6. The van der Waals surface area contributed by atoms with Crippen molar-refractivity contribution in [3.8, 4) is 5.75 Å². The van der Waals surface area contributed by atoms with Gasteiger partial charge in [-0.25, -0.2) is 4.79 Å². The molecule has 1 saturated heterocycles. The van der Waals surface area contributed by atoms with Crippen LogP contribution in [0.2, 0.25) is 0 Å². The van der Waals surface area contributed by atoms with Crippen molar-refractivity contribution < 1.29 is 19.0 Å². The van der Waals surface area contributed by atoms with Crippen LogP contribution in [0.1, 0.15) is 18.7 Å². The molecule has 1 aliphatic rings. The van der Waals surface area contributed by atoms with Crippen molar-refractivity contribution in [3.63, 3.8) is 0 Å². The van der Waals surface area contributed by atoms with E-state index >= 15 is 0 Å². The van der Waals surface area contributed by atoms with Crippen LogP contribution in [0.4, 0.5) is 4.79 Å². The van der Waals surface area contributed by atoms with E-state index in [9.17, 15) is 4.79 Å². The molecule has 20 heavy (non-hydrogen) atoms. The Bertz CT molecular complexity index is 471. The predicted octanol–water partition coefficient (Wildman–Crippen LogP) is 2.74. The molecule has 1 aliphatic heterocycles. The van der Waals surface area contributed by atoms with E-state index in [1.54, 1.807) is 18.1 Å². The molecule has 1 aromatic carbocycles. The van der Waals surface area contributed by atoms with Crippen LogP contribution in [0.25, 0.3) is 0 Å². The Morgan fingerprint density at radius 1 is 1.50 bits per heavy atom. The second-order valence-electron chi connectivity index (χ2n) is 4.59. The van der Waals surface area contributed by atoms with E-state index < -0.39 is 12.3 Å². The van der Waals surface area contributed by atoms with Crippen molar-refractivity contribution in [3.05, 3.63) is 42.5 Å². The number of carbonyl (C=O) groups is 1. The minimum atomic E-state index is -0.423. The second-order valence-corrected chi connectivity index (χ2v) is 4.59. The maximum absolute atomic E-state index is 12.0. The zero-order chi connectivity index (χ0) is 14.5. The number of carbonyl (C=O) groups excluding carboxylic acids is 1. The predicted molar refractivity (Wildman–Crippen MR) is 74.5 cm³/mol. The summed E-state index contributed by atoms with van der Waals surface area (Å²) in [5.41, 5.74) is 0.894. The second kappa shape index (κ2) is 6.43. The Morgan fingerprint density at radius 2 is 2.20 bits per heavy atom. The third-order valence-electron chi connectivity index (χ3n) is 3.06. The van der Waals surface area contributed by atoms with Gasteiger partial charge < -0.3 is 14.2 Å². The number of ether oxygens (including phenoxy) is 3. The Hall–Kier alpha value is -2.01. The quantitative estimate of drug-likeness (QED) is 0.794. The molecular formula is C15H19NO4. The van der Waals surface area contributed by atoms with Gasteiger partial charge in [-0.05, 0) is 19.1 Å². The fourth-order valence-electron chi connectivity index (χ4n) is 2.12. The third-order valence-corrected chi connectivity index (χ3v) is 3.06. The molecule has 2 unspecified atom stereocenters. The Labute approximate surface area is 118 Å². The van der Waals surface area contributed by atoms with E-state index in [0.717, 1.165) is 11.3 Å². The van der Waals surface area contributed by atoms with Crippen LogP contribution >= 0.6 is 0 Å². The highest BCUT2D eigenvalue weighted by molar-refractivity contribution is 5.68. The van der Waals surface area contributed by atoms with Crippen LogP contribution in [-0.2, 0) is 9.47 Å². The highest BCUT2D eigenvalue weighted by Crippen LogP contribution is 2.31. The van der Waals surface area contributed by atoms with Gasteiger partial charge in [-0.15, -0.1) is 0 Å². The first-order valence-corrected chi connectivity index (χ1v) is 6.49. The summed E-state index contributed by atoms with van der Waals surface area (Å²) >= 11 is 0. The van der Waals surface area contributed by atoms with E-state index in [1.165, 1.54) is 0 Å². The molecule has 108 valence electrons. The monoisotopic (exact) mass is 277 g/mol. The van der Waals surface area contributed by atoms with E-state index in [-0.39, 0.29) is 12.7 Å². The van der Waals surface area contributed by atoms with Crippen molar-refractivity contribution in [2.45, 2.75) is 19.3 Å². The number of methoxy groups -OCH3 is 1. The van der Waals surface area contributed by atoms with E-state index in [2.05, 4.69) is 6.58 Å². The molecule has 0 saturated carbocycles. The van der Waals surface area contributed by atoms with E-state index in [4.69, 9.17) is 14.2 Å². The first-order chi connectivity index (χ1) is 9.65. The van der Waals surface area contributed by atoms with E-state index in [1.807, 2.05) is 31.2 Å². The molecule has 0 N–H and O–H groups in total. The van der Waals surface area contributed by atoms with Crippen molar-refractivity contribution in [1.82, 2.24) is 4.90 Å². The number of benzene rings is 1.